The summed E-state index contributed by atoms with van der Waals surface area (Å²) >= 11 is 0. The van der Waals surface area contributed by atoms with Crippen LogP contribution >= 0.6 is 0 Å². The van der Waals surface area contributed by atoms with Gasteiger partial charge < -0.3 is 5.32 Å². The summed E-state index contributed by atoms with van der Waals surface area (Å²) in [7, 11) is 0. The number of rotatable bonds is 1. The fourth-order valence-electron chi connectivity index (χ4n) is 1.86. The Bertz CT molecular complexity index is 476. The molecule has 19 heavy (non-hydrogen) atoms. The van der Waals surface area contributed by atoms with Crippen LogP contribution in [0.25, 0.3) is 0 Å². The average molecular weight is 282 g/mol. The van der Waals surface area contributed by atoms with Crippen molar-refractivity contribution in [2.75, 3.05) is 0 Å². The highest BCUT2D eigenvalue weighted by Gasteiger charge is 2.52. The number of pyridine rings is 1. The molecule has 0 bridgehead atoms. The van der Waals surface area contributed by atoms with Crippen LogP contribution in [0.4, 0.5) is 26.3 Å². The van der Waals surface area contributed by atoms with E-state index < -0.39 is 30.0 Å². The molecule has 2 unspecified atom stereocenters. The first-order valence-corrected chi connectivity index (χ1v) is 5.23. The van der Waals surface area contributed by atoms with Crippen molar-refractivity contribution in [2.24, 2.45) is 5.92 Å². The molecule has 2 rings (SSSR count). The van der Waals surface area contributed by atoms with Gasteiger partial charge >= 0.3 is 12.4 Å². The Kier molecular flexibility index (Phi) is 3.19. The standard InChI is InChI=1S/C11H8F6N2/c12-10(13,14)6-5-8(11(15,16)17)19-9(6)7-3-1-2-4-18-7/h1-6,9,19H. The van der Waals surface area contributed by atoms with Crippen LogP contribution in [0, 0.1) is 5.92 Å². The van der Waals surface area contributed by atoms with Crippen molar-refractivity contribution < 1.29 is 26.3 Å². The summed E-state index contributed by atoms with van der Waals surface area (Å²) in [5.74, 6) is -2.25. The fourth-order valence-corrected chi connectivity index (χ4v) is 1.86. The molecule has 1 aromatic rings. The van der Waals surface area contributed by atoms with Crippen molar-refractivity contribution >= 4 is 0 Å². The molecule has 0 aliphatic carbocycles. The molecule has 0 radical (unpaired) electrons. The van der Waals surface area contributed by atoms with Gasteiger partial charge in [-0.3, -0.25) is 4.98 Å². The molecular weight excluding hydrogens is 274 g/mol. The monoisotopic (exact) mass is 282 g/mol. The maximum absolute atomic E-state index is 12.8. The van der Waals surface area contributed by atoms with Gasteiger partial charge in [0.15, 0.2) is 0 Å². The minimum Gasteiger partial charge on any atom is -0.372 e. The topological polar surface area (TPSA) is 24.9 Å². The molecule has 104 valence electrons. The average Bonchev–Trinajstić information content (AvgIpc) is 2.74. The van der Waals surface area contributed by atoms with E-state index >= 15 is 0 Å². The minimum absolute atomic E-state index is 0.0830. The summed E-state index contributed by atoms with van der Waals surface area (Å²) in [5, 5.41) is 1.86. The summed E-state index contributed by atoms with van der Waals surface area (Å²) < 4.78 is 75.8. The van der Waals surface area contributed by atoms with Crippen LogP contribution in [0.2, 0.25) is 0 Å². The third-order valence-corrected chi connectivity index (χ3v) is 2.71. The molecule has 1 aliphatic rings. The number of hydrogen-bond donors (Lipinski definition) is 1. The number of nitrogens with one attached hydrogen (secondary N) is 1. The quantitative estimate of drug-likeness (QED) is 0.799. The molecule has 8 heteroatoms. The first-order chi connectivity index (χ1) is 8.69. The van der Waals surface area contributed by atoms with Crippen molar-refractivity contribution in [2.45, 2.75) is 18.4 Å². The van der Waals surface area contributed by atoms with Crippen molar-refractivity contribution in [1.82, 2.24) is 10.3 Å². The Balaban J connectivity index is 2.36. The van der Waals surface area contributed by atoms with Crippen molar-refractivity contribution in [3.8, 4) is 0 Å². The molecule has 0 spiro atoms. The molecule has 2 heterocycles. The van der Waals surface area contributed by atoms with Gasteiger partial charge in [0.05, 0.1) is 11.7 Å². The predicted octanol–water partition coefficient (Wildman–Crippen LogP) is 3.35. The summed E-state index contributed by atoms with van der Waals surface area (Å²) in [4.78, 5) is 3.68. The second kappa shape index (κ2) is 4.43. The largest absolute Gasteiger partial charge is 0.430 e. The van der Waals surface area contributed by atoms with E-state index in [1.807, 2.05) is 5.32 Å². The number of halogens is 6. The predicted molar refractivity (Wildman–Crippen MR) is 53.8 cm³/mol. The summed E-state index contributed by atoms with van der Waals surface area (Å²) in [6.07, 6.45) is -8.22. The maximum Gasteiger partial charge on any atom is 0.430 e. The maximum atomic E-state index is 12.8. The highest BCUT2D eigenvalue weighted by Crippen LogP contribution is 2.44. The van der Waals surface area contributed by atoms with E-state index in [1.165, 1.54) is 24.4 Å². The van der Waals surface area contributed by atoms with Crippen LogP contribution in [0.15, 0.2) is 36.2 Å². The number of hydrogen-bond acceptors (Lipinski definition) is 2. The van der Waals surface area contributed by atoms with Crippen LogP contribution in [-0.4, -0.2) is 17.3 Å². The smallest absolute Gasteiger partial charge is 0.372 e. The molecule has 0 aromatic carbocycles. The van der Waals surface area contributed by atoms with Gasteiger partial charge in [0, 0.05) is 6.20 Å². The van der Waals surface area contributed by atoms with Crippen molar-refractivity contribution in [3.63, 3.8) is 0 Å². The van der Waals surface area contributed by atoms with Crippen molar-refractivity contribution in [3.05, 3.63) is 41.9 Å². The Morgan fingerprint density at radius 1 is 1.05 bits per heavy atom. The van der Waals surface area contributed by atoms with Crippen LogP contribution in [0.5, 0.6) is 0 Å². The van der Waals surface area contributed by atoms with E-state index in [-0.39, 0.29) is 11.8 Å². The van der Waals surface area contributed by atoms with E-state index in [2.05, 4.69) is 4.98 Å². The number of aromatic nitrogens is 1. The Morgan fingerprint density at radius 2 is 1.74 bits per heavy atom. The highest BCUT2D eigenvalue weighted by atomic mass is 19.4. The molecule has 2 atom stereocenters. The number of nitrogens with zero attached hydrogens (tertiary/aromatic N) is 1. The first-order valence-electron chi connectivity index (χ1n) is 5.23. The molecule has 1 aromatic heterocycles. The second-order valence-electron chi connectivity index (χ2n) is 4.02. The van der Waals surface area contributed by atoms with Gasteiger partial charge in [-0.25, -0.2) is 0 Å². The third kappa shape index (κ3) is 2.82. The summed E-state index contributed by atoms with van der Waals surface area (Å²) in [5.41, 5.74) is -1.47. The zero-order valence-corrected chi connectivity index (χ0v) is 9.26. The lowest BCUT2D eigenvalue weighted by Crippen LogP contribution is -2.32. The zero-order chi connectivity index (χ0) is 14.3. The van der Waals surface area contributed by atoms with E-state index in [0.29, 0.717) is 0 Å². The van der Waals surface area contributed by atoms with E-state index in [0.717, 1.165) is 0 Å². The lowest BCUT2D eigenvalue weighted by molar-refractivity contribution is -0.166. The van der Waals surface area contributed by atoms with Gasteiger partial charge in [-0.1, -0.05) is 6.07 Å². The molecule has 0 fully saturated rings. The summed E-state index contributed by atoms with van der Waals surface area (Å²) in [6.45, 7) is 0. The zero-order valence-electron chi connectivity index (χ0n) is 9.26. The molecule has 2 nitrogen and oxygen atoms in total. The molecule has 0 saturated carbocycles. The first kappa shape index (κ1) is 13.7. The normalized spacial score (nSPS) is 24.0. The Hall–Kier alpha value is -1.73. The van der Waals surface area contributed by atoms with Gasteiger partial charge in [-0.15, -0.1) is 0 Å². The Morgan fingerprint density at radius 3 is 2.21 bits per heavy atom. The van der Waals surface area contributed by atoms with E-state index in [9.17, 15) is 26.3 Å². The summed E-state index contributed by atoms with van der Waals surface area (Å²) in [6, 6.07) is 2.59. The van der Waals surface area contributed by atoms with Crippen molar-refractivity contribution in [1.29, 1.82) is 0 Å². The Labute approximate surface area is 104 Å². The lowest BCUT2D eigenvalue weighted by atomic mass is 9.98. The number of allylic oxidation sites excluding steroid dienone is 1. The van der Waals surface area contributed by atoms with Crippen LogP contribution in [-0.2, 0) is 0 Å². The third-order valence-electron chi connectivity index (χ3n) is 2.71. The minimum atomic E-state index is -4.84. The highest BCUT2D eigenvalue weighted by molar-refractivity contribution is 5.25. The second-order valence-corrected chi connectivity index (χ2v) is 4.02. The molecule has 0 amide bonds. The lowest BCUT2D eigenvalue weighted by Gasteiger charge is -2.22. The van der Waals surface area contributed by atoms with Crippen LogP contribution in [0.1, 0.15) is 11.7 Å². The number of alkyl halides is 6. The van der Waals surface area contributed by atoms with Gasteiger partial charge in [-0.05, 0) is 18.2 Å². The van der Waals surface area contributed by atoms with Gasteiger partial charge in [0.1, 0.15) is 11.6 Å². The molecule has 1 N–H and O–H groups in total. The van der Waals surface area contributed by atoms with Crippen LogP contribution in [0.3, 0.4) is 0 Å². The van der Waals surface area contributed by atoms with Gasteiger partial charge in [0.2, 0.25) is 0 Å². The van der Waals surface area contributed by atoms with Crippen LogP contribution < -0.4 is 5.32 Å². The van der Waals surface area contributed by atoms with E-state index in [4.69, 9.17) is 0 Å². The van der Waals surface area contributed by atoms with Gasteiger partial charge in [0.25, 0.3) is 0 Å². The molecular formula is C11H8F6N2. The van der Waals surface area contributed by atoms with Gasteiger partial charge in [-0.2, -0.15) is 26.3 Å². The van der Waals surface area contributed by atoms with E-state index in [1.54, 1.807) is 0 Å². The fraction of sp³-hybridized carbons (Fsp3) is 0.364. The SMILES string of the molecule is FC(F)(F)C1=CC(C(F)(F)F)C(c2ccccn2)N1. The molecule has 0 saturated heterocycles. The molecule has 1 aliphatic heterocycles.